The number of benzene rings is 3. The first-order chi connectivity index (χ1) is 15.2. The number of anilines is 2. The third-order valence-electron chi connectivity index (χ3n) is 4.94. The average Bonchev–Trinajstić information content (AvgIpc) is 2.80. The molecule has 0 radical (unpaired) electrons. The van der Waals surface area contributed by atoms with Crippen LogP contribution in [0.5, 0.6) is 17.2 Å². The highest BCUT2D eigenvalue weighted by molar-refractivity contribution is 5.77. The Morgan fingerprint density at radius 1 is 0.935 bits per heavy atom. The first-order valence-corrected chi connectivity index (χ1v) is 10.5. The molecule has 160 valence electrons. The number of nitrogens with zero attached hydrogens (tertiary/aromatic N) is 1. The molecule has 0 amide bonds. The standard InChI is InChI=1S/C25H26N2O4/c1-2-29-25(28)18-26-17-19-11-13-20(14-12-19)30-16-15-27-21-7-3-5-9-23(21)31-24-10-6-4-8-22(24)27/h3-14,26H,2,15-18H2,1H3. The molecule has 1 heterocycles. The average molecular weight is 418 g/mol. The van der Waals surface area contributed by atoms with Crippen molar-refractivity contribution in [1.29, 1.82) is 0 Å². The quantitative estimate of drug-likeness (QED) is 0.510. The Labute approximate surface area is 182 Å². The third-order valence-corrected chi connectivity index (χ3v) is 4.94. The molecule has 0 bridgehead atoms. The van der Waals surface area contributed by atoms with Crippen molar-refractivity contribution in [2.75, 3.05) is 31.2 Å². The lowest BCUT2D eigenvalue weighted by Gasteiger charge is -2.32. The van der Waals surface area contributed by atoms with Gasteiger partial charge >= 0.3 is 5.97 Å². The molecule has 0 fully saturated rings. The molecular weight excluding hydrogens is 392 g/mol. The summed E-state index contributed by atoms with van der Waals surface area (Å²) in [6.07, 6.45) is 0. The van der Waals surface area contributed by atoms with Crippen molar-refractivity contribution < 1.29 is 19.0 Å². The van der Waals surface area contributed by atoms with E-state index < -0.39 is 0 Å². The molecular formula is C25H26N2O4. The van der Waals surface area contributed by atoms with E-state index >= 15 is 0 Å². The van der Waals surface area contributed by atoms with Gasteiger partial charge in [-0.1, -0.05) is 36.4 Å². The Kier molecular flexibility index (Phi) is 6.69. The van der Waals surface area contributed by atoms with Crippen LogP contribution in [-0.2, 0) is 16.1 Å². The predicted molar refractivity (Wildman–Crippen MR) is 120 cm³/mol. The maximum absolute atomic E-state index is 11.4. The van der Waals surface area contributed by atoms with E-state index in [1.807, 2.05) is 60.7 Å². The molecule has 31 heavy (non-hydrogen) atoms. The summed E-state index contributed by atoms with van der Waals surface area (Å²) in [5.41, 5.74) is 3.15. The van der Waals surface area contributed by atoms with Gasteiger partial charge in [0.1, 0.15) is 12.4 Å². The van der Waals surface area contributed by atoms with E-state index in [1.165, 1.54) is 0 Å². The summed E-state index contributed by atoms with van der Waals surface area (Å²) in [6, 6.07) is 23.9. The summed E-state index contributed by atoms with van der Waals surface area (Å²) in [5, 5.41) is 3.08. The molecule has 0 unspecified atom stereocenters. The number of fused-ring (bicyclic) bond motifs is 2. The van der Waals surface area contributed by atoms with Crippen LogP contribution in [0.3, 0.4) is 0 Å². The zero-order valence-electron chi connectivity index (χ0n) is 17.5. The van der Waals surface area contributed by atoms with Crippen molar-refractivity contribution in [3.05, 3.63) is 78.4 Å². The van der Waals surface area contributed by atoms with Crippen molar-refractivity contribution in [3.63, 3.8) is 0 Å². The van der Waals surface area contributed by atoms with Gasteiger partial charge in [-0.15, -0.1) is 0 Å². The summed E-state index contributed by atoms with van der Waals surface area (Å²) in [4.78, 5) is 13.6. The van der Waals surface area contributed by atoms with Crippen LogP contribution in [0.1, 0.15) is 12.5 Å². The van der Waals surface area contributed by atoms with E-state index in [-0.39, 0.29) is 12.5 Å². The minimum Gasteiger partial charge on any atom is -0.492 e. The highest BCUT2D eigenvalue weighted by Gasteiger charge is 2.23. The molecule has 3 aromatic rings. The number of rotatable bonds is 9. The number of esters is 1. The van der Waals surface area contributed by atoms with Crippen LogP contribution in [0.4, 0.5) is 11.4 Å². The molecule has 6 heteroatoms. The highest BCUT2D eigenvalue weighted by Crippen LogP contribution is 2.45. The number of hydrogen-bond acceptors (Lipinski definition) is 6. The minimum absolute atomic E-state index is 0.203. The van der Waals surface area contributed by atoms with Crippen molar-refractivity contribution in [2.24, 2.45) is 0 Å². The SMILES string of the molecule is CCOC(=O)CNCc1ccc(OCCN2c3ccccc3Oc3ccccc32)cc1. The Hall–Kier alpha value is -3.51. The summed E-state index contributed by atoms with van der Waals surface area (Å²) in [5.74, 6) is 2.26. The lowest BCUT2D eigenvalue weighted by atomic mass is 10.1. The van der Waals surface area contributed by atoms with E-state index in [1.54, 1.807) is 6.92 Å². The molecule has 0 aromatic heterocycles. The second-order valence-electron chi connectivity index (χ2n) is 7.09. The number of ether oxygens (including phenoxy) is 3. The normalized spacial score (nSPS) is 11.8. The molecule has 0 saturated heterocycles. The maximum atomic E-state index is 11.4. The molecule has 4 rings (SSSR count). The number of nitrogens with one attached hydrogen (secondary N) is 1. The molecule has 0 atom stereocenters. The molecule has 0 aliphatic carbocycles. The van der Waals surface area contributed by atoms with Crippen LogP contribution in [0.2, 0.25) is 0 Å². The van der Waals surface area contributed by atoms with Gasteiger partial charge in [-0.2, -0.15) is 0 Å². The van der Waals surface area contributed by atoms with Crippen molar-refractivity contribution in [1.82, 2.24) is 5.32 Å². The Balaban J connectivity index is 1.32. The van der Waals surface area contributed by atoms with Crippen LogP contribution in [-0.4, -0.2) is 32.3 Å². The molecule has 1 N–H and O–H groups in total. The van der Waals surface area contributed by atoms with Crippen LogP contribution < -0.4 is 19.7 Å². The largest absolute Gasteiger partial charge is 0.492 e. The zero-order chi connectivity index (χ0) is 21.5. The minimum atomic E-state index is -0.242. The van der Waals surface area contributed by atoms with Crippen molar-refractivity contribution >= 4 is 17.3 Å². The topological polar surface area (TPSA) is 60.0 Å². The van der Waals surface area contributed by atoms with Gasteiger partial charge in [-0.05, 0) is 48.9 Å². The Morgan fingerprint density at radius 3 is 2.23 bits per heavy atom. The van der Waals surface area contributed by atoms with Gasteiger partial charge in [0.15, 0.2) is 11.5 Å². The van der Waals surface area contributed by atoms with Gasteiger partial charge in [0.2, 0.25) is 0 Å². The number of carbonyl (C=O) groups is 1. The summed E-state index contributed by atoms with van der Waals surface area (Å²) in [7, 11) is 0. The second-order valence-corrected chi connectivity index (χ2v) is 7.09. The van der Waals surface area contributed by atoms with E-state index in [4.69, 9.17) is 14.2 Å². The maximum Gasteiger partial charge on any atom is 0.319 e. The molecule has 1 aliphatic rings. The van der Waals surface area contributed by atoms with Crippen molar-refractivity contribution in [3.8, 4) is 17.2 Å². The van der Waals surface area contributed by atoms with Gasteiger partial charge in [-0.3, -0.25) is 4.79 Å². The van der Waals surface area contributed by atoms with Gasteiger partial charge in [0, 0.05) is 6.54 Å². The lowest BCUT2D eigenvalue weighted by Crippen LogP contribution is -2.26. The number of carbonyl (C=O) groups excluding carboxylic acids is 1. The molecule has 3 aromatic carbocycles. The first-order valence-electron chi connectivity index (χ1n) is 10.5. The fourth-order valence-corrected chi connectivity index (χ4v) is 3.50. The van der Waals surface area contributed by atoms with E-state index in [0.717, 1.165) is 34.2 Å². The highest BCUT2D eigenvalue weighted by atomic mass is 16.5. The van der Waals surface area contributed by atoms with E-state index in [2.05, 4.69) is 22.3 Å². The van der Waals surface area contributed by atoms with Gasteiger partial charge < -0.3 is 24.4 Å². The van der Waals surface area contributed by atoms with Crippen molar-refractivity contribution in [2.45, 2.75) is 13.5 Å². The van der Waals surface area contributed by atoms with Crippen LogP contribution in [0, 0.1) is 0 Å². The molecule has 0 spiro atoms. The fourth-order valence-electron chi connectivity index (χ4n) is 3.50. The first kappa shape index (κ1) is 20.8. The van der Waals surface area contributed by atoms with Crippen LogP contribution in [0.25, 0.3) is 0 Å². The molecule has 0 saturated carbocycles. The summed E-state index contributed by atoms with van der Waals surface area (Å²) < 4.78 is 16.9. The zero-order valence-corrected chi connectivity index (χ0v) is 17.5. The van der Waals surface area contributed by atoms with E-state index in [0.29, 0.717) is 26.3 Å². The Morgan fingerprint density at radius 2 is 1.58 bits per heavy atom. The number of para-hydroxylation sites is 4. The van der Waals surface area contributed by atoms with Gasteiger partial charge in [-0.25, -0.2) is 0 Å². The predicted octanol–water partition coefficient (Wildman–Crippen LogP) is 4.66. The van der Waals surface area contributed by atoms with E-state index in [9.17, 15) is 4.79 Å². The third kappa shape index (κ3) is 5.16. The van der Waals surface area contributed by atoms with Crippen LogP contribution >= 0.6 is 0 Å². The lowest BCUT2D eigenvalue weighted by molar-refractivity contribution is -0.142. The number of hydrogen-bond donors (Lipinski definition) is 1. The van der Waals surface area contributed by atoms with Crippen LogP contribution in [0.15, 0.2) is 72.8 Å². The van der Waals surface area contributed by atoms with Gasteiger partial charge in [0.25, 0.3) is 0 Å². The smallest absolute Gasteiger partial charge is 0.319 e. The second kappa shape index (κ2) is 10.00. The van der Waals surface area contributed by atoms with Gasteiger partial charge in [0.05, 0.1) is 31.1 Å². The molecule has 6 nitrogen and oxygen atoms in total. The monoisotopic (exact) mass is 418 g/mol. The summed E-state index contributed by atoms with van der Waals surface area (Å²) >= 11 is 0. The molecule has 1 aliphatic heterocycles. The summed E-state index contributed by atoms with van der Waals surface area (Å²) in [6.45, 7) is 4.22. The Bertz CT molecular complexity index is 975. The fraction of sp³-hybridized carbons (Fsp3) is 0.240.